The Balaban J connectivity index is 1.33. The second-order valence-electron chi connectivity index (χ2n) is 11.5. The molecule has 4 rings (SSSR count). The molecule has 1 aliphatic carbocycles. The van der Waals surface area contributed by atoms with Gasteiger partial charge < -0.3 is 44.8 Å². The van der Waals surface area contributed by atoms with E-state index in [0.717, 1.165) is 32.1 Å². The average molecular weight is 793 g/mol. The molecule has 7 N–H and O–H groups in total. The SMILES string of the molecule is CC(C)(CNC(=O)OC1CC/C=C/CCC1)SSCO[C@@H]1C[C@H](n2cnc3c(N)ncnc32)O[C@@H]1COP(=O)(O)OP(=O)(O)OP(=O)(O)O. The average Bonchev–Trinajstić information content (AvgIpc) is 3.57. The zero-order valence-electron chi connectivity index (χ0n) is 26.4. The van der Waals surface area contributed by atoms with E-state index in [1.807, 2.05) is 13.8 Å². The highest BCUT2D eigenvalue weighted by atomic mass is 33.1. The van der Waals surface area contributed by atoms with Crippen molar-refractivity contribution in [1.29, 1.82) is 0 Å². The highest BCUT2D eigenvalue weighted by molar-refractivity contribution is 8.77. The lowest BCUT2D eigenvalue weighted by molar-refractivity contribution is -0.0522. The van der Waals surface area contributed by atoms with Crippen molar-refractivity contribution in [2.75, 3.05) is 24.8 Å². The van der Waals surface area contributed by atoms with Crippen molar-refractivity contribution in [1.82, 2.24) is 24.8 Å². The Morgan fingerprint density at radius 2 is 1.86 bits per heavy atom. The fraction of sp³-hybridized carbons (Fsp3) is 0.667. The van der Waals surface area contributed by atoms with E-state index in [9.17, 15) is 28.3 Å². The van der Waals surface area contributed by atoms with Crippen LogP contribution < -0.4 is 11.1 Å². The van der Waals surface area contributed by atoms with Crippen molar-refractivity contribution in [2.45, 2.75) is 81.7 Å². The second-order valence-corrected chi connectivity index (χ2v) is 18.8. The van der Waals surface area contributed by atoms with Gasteiger partial charge in [-0.05, 0) is 46.0 Å². The molecular formula is C24H39N6O14P3S2. The highest BCUT2D eigenvalue weighted by Crippen LogP contribution is 2.66. The predicted molar refractivity (Wildman–Crippen MR) is 178 cm³/mol. The summed E-state index contributed by atoms with van der Waals surface area (Å²) in [6.45, 7) is 3.46. The molecule has 6 atom stereocenters. The van der Waals surface area contributed by atoms with Gasteiger partial charge in [0, 0.05) is 17.7 Å². The number of nitrogen functional groups attached to an aromatic ring is 1. The summed E-state index contributed by atoms with van der Waals surface area (Å²) >= 11 is 0. The van der Waals surface area contributed by atoms with E-state index in [2.05, 4.69) is 41.0 Å². The number of nitrogens with one attached hydrogen (secondary N) is 1. The molecular weight excluding hydrogens is 753 g/mol. The van der Waals surface area contributed by atoms with Gasteiger partial charge in [0.2, 0.25) is 0 Å². The molecule has 0 aromatic carbocycles. The van der Waals surface area contributed by atoms with Gasteiger partial charge in [-0.2, -0.15) is 8.62 Å². The number of phosphoric ester groups is 1. The smallest absolute Gasteiger partial charge is 0.446 e. The molecule has 0 radical (unpaired) electrons. The van der Waals surface area contributed by atoms with Crippen LogP contribution in [0, 0.1) is 0 Å². The van der Waals surface area contributed by atoms with Crippen LogP contribution in [-0.4, -0.2) is 87.3 Å². The van der Waals surface area contributed by atoms with Crippen LogP contribution in [0.4, 0.5) is 10.6 Å². The number of phosphoric acid groups is 3. The highest BCUT2D eigenvalue weighted by Gasteiger charge is 2.44. The number of anilines is 1. The summed E-state index contributed by atoms with van der Waals surface area (Å²) in [5.41, 5.74) is 6.54. The van der Waals surface area contributed by atoms with Crippen LogP contribution in [0.1, 0.15) is 58.6 Å². The van der Waals surface area contributed by atoms with Gasteiger partial charge in [0.1, 0.15) is 36.2 Å². The first kappa shape index (κ1) is 40.2. The van der Waals surface area contributed by atoms with Gasteiger partial charge in [0.05, 0.1) is 19.0 Å². The van der Waals surface area contributed by atoms with Crippen molar-refractivity contribution < 1.29 is 65.4 Å². The molecule has 1 fully saturated rings. The number of allylic oxidation sites excluding steroid dienone is 2. The molecule has 3 unspecified atom stereocenters. The lowest BCUT2D eigenvalue weighted by Gasteiger charge is -2.25. The number of nitrogens with two attached hydrogens (primary N) is 1. The van der Waals surface area contributed by atoms with Gasteiger partial charge in [0.25, 0.3) is 0 Å². The number of hydrogen-bond acceptors (Lipinski definition) is 16. The van der Waals surface area contributed by atoms with Crippen molar-refractivity contribution in [3.63, 3.8) is 0 Å². The number of nitrogens with zero attached hydrogens (tertiary/aromatic N) is 4. The Bertz CT molecular complexity index is 1610. The first-order chi connectivity index (χ1) is 22.9. The minimum absolute atomic E-state index is 0.0976. The van der Waals surface area contributed by atoms with E-state index in [-0.39, 0.29) is 24.3 Å². The molecule has 0 saturated carbocycles. The molecule has 0 spiro atoms. The summed E-state index contributed by atoms with van der Waals surface area (Å²) in [5.74, 6) is 0.232. The van der Waals surface area contributed by atoms with Crippen LogP contribution in [0.5, 0.6) is 0 Å². The first-order valence-electron chi connectivity index (χ1n) is 14.8. The molecule has 25 heteroatoms. The Hall–Kier alpha value is -1.61. The normalized spacial score (nSPS) is 25.2. The van der Waals surface area contributed by atoms with Crippen LogP contribution in [0.15, 0.2) is 24.8 Å². The quantitative estimate of drug-likeness (QED) is 0.0457. The second kappa shape index (κ2) is 17.3. The van der Waals surface area contributed by atoms with Crippen molar-refractivity contribution in [3.05, 3.63) is 24.8 Å². The van der Waals surface area contributed by atoms with Gasteiger partial charge in [-0.3, -0.25) is 9.09 Å². The fourth-order valence-electron chi connectivity index (χ4n) is 4.80. The monoisotopic (exact) mass is 792 g/mol. The summed E-state index contributed by atoms with van der Waals surface area (Å²) < 4.78 is 66.3. The molecule has 1 aliphatic heterocycles. The molecule has 2 aromatic heterocycles. The van der Waals surface area contributed by atoms with Crippen molar-refractivity contribution in [2.24, 2.45) is 0 Å². The fourth-order valence-corrected chi connectivity index (χ4v) is 10.0. The van der Waals surface area contributed by atoms with Crippen LogP contribution in [0.2, 0.25) is 0 Å². The predicted octanol–water partition coefficient (Wildman–Crippen LogP) is 4.16. The molecule has 3 heterocycles. The van der Waals surface area contributed by atoms with Crippen LogP contribution in [-0.2, 0) is 41.1 Å². The van der Waals surface area contributed by atoms with Crippen LogP contribution in [0.3, 0.4) is 0 Å². The van der Waals surface area contributed by atoms with Gasteiger partial charge >= 0.3 is 29.6 Å². The Morgan fingerprint density at radius 3 is 2.61 bits per heavy atom. The van der Waals surface area contributed by atoms with Gasteiger partial charge in [0.15, 0.2) is 11.5 Å². The Kier molecular flexibility index (Phi) is 14.2. The number of carbonyl (C=O) groups is 1. The standard InChI is InChI=1S/C24H39N6O14P3S2/c1-24(2,12-26-23(31)41-16-8-6-4-3-5-7-9-16)49-48-15-39-17-10-19(30-14-29-20-21(25)27-13-28-22(20)30)42-18(17)11-40-46(35,36)44-47(37,38)43-45(32,33)34/h3-4,13-14,16-19H,5-12,15H2,1-2H3,(H,26,31)(H,35,36)(H,37,38)(H2,25,27,28)(H2,32,33,34)/b4-3+/t16?,17-,18-,19-/m1/s1. The molecule has 0 bridgehead atoms. The molecule has 2 aliphatic rings. The van der Waals surface area contributed by atoms with Gasteiger partial charge in [-0.15, -0.1) is 0 Å². The third-order valence-electron chi connectivity index (χ3n) is 6.96. The number of hydrogen-bond donors (Lipinski definition) is 6. The molecule has 276 valence electrons. The topological polar surface area (TPSA) is 286 Å². The number of carbonyl (C=O) groups excluding carboxylic acids is 1. The number of rotatable bonds is 16. The van der Waals surface area contributed by atoms with E-state index in [1.165, 1.54) is 34.2 Å². The Morgan fingerprint density at radius 1 is 1.10 bits per heavy atom. The zero-order chi connectivity index (χ0) is 35.9. The molecule has 49 heavy (non-hydrogen) atoms. The minimum atomic E-state index is -5.71. The largest absolute Gasteiger partial charge is 0.490 e. The van der Waals surface area contributed by atoms with Crippen molar-refractivity contribution >= 4 is 68.1 Å². The summed E-state index contributed by atoms with van der Waals surface area (Å²) in [4.78, 5) is 61.7. The lowest BCUT2D eigenvalue weighted by Crippen LogP contribution is -2.38. The first-order valence-corrected chi connectivity index (χ1v) is 21.6. The summed E-state index contributed by atoms with van der Waals surface area (Å²) in [7, 11) is -13.9. The summed E-state index contributed by atoms with van der Waals surface area (Å²) in [6, 6.07) is 0. The van der Waals surface area contributed by atoms with E-state index < -0.39 is 59.4 Å². The number of amides is 1. The maximum Gasteiger partial charge on any atom is 0.490 e. The molecule has 1 amide bonds. The van der Waals surface area contributed by atoms with E-state index in [1.54, 1.807) is 4.57 Å². The number of imidazole rings is 1. The number of alkyl carbamates (subject to hydrolysis) is 1. The summed E-state index contributed by atoms with van der Waals surface area (Å²) in [6.07, 6.45) is 8.23. The lowest BCUT2D eigenvalue weighted by atomic mass is 10.0. The minimum Gasteiger partial charge on any atom is -0.446 e. The van der Waals surface area contributed by atoms with E-state index >= 15 is 0 Å². The van der Waals surface area contributed by atoms with Crippen LogP contribution >= 0.6 is 45.1 Å². The molecule has 1 saturated heterocycles. The molecule has 20 nitrogen and oxygen atoms in total. The third-order valence-corrected chi connectivity index (χ3v) is 13.7. The van der Waals surface area contributed by atoms with E-state index in [0.29, 0.717) is 17.7 Å². The number of ether oxygens (including phenoxy) is 3. The van der Waals surface area contributed by atoms with Crippen molar-refractivity contribution in [3.8, 4) is 0 Å². The summed E-state index contributed by atoms with van der Waals surface area (Å²) in [5, 5.41) is 2.82. The van der Waals surface area contributed by atoms with E-state index in [4.69, 9.17) is 34.3 Å². The molecule has 2 aromatic rings. The van der Waals surface area contributed by atoms with Crippen LogP contribution in [0.25, 0.3) is 11.2 Å². The maximum absolute atomic E-state index is 12.4. The van der Waals surface area contributed by atoms with Gasteiger partial charge in [-0.25, -0.2) is 33.4 Å². The Labute approximate surface area is 289 Å². The number of aromatic nitrogens is 4. The van der Waals surface area contributed by atoms with Gasteiger partial charge in [-0.1, -0.05) is 33.7 Å². The maximum atomic E-state index is 12.4. The third kappa shape index (κ3) is 13.1. The zero-order valence-corrected chi connectivity index (χ0v) is 30.7. The number of fused-ring (bicyclic) bond motifs is 1.